The van der Waals surface area contributed by atoms with Gasteiger partial charge in [0.05, 0.1) is 0 Å². The van der Waals surface area contributed by atoms with Crippen molar-refractivity contribution in [2.45, 2.75) is 77.5 Å². The molecular formula is C29H34F3N3O3. The maximum absolute atomic E-state index is 15.2. The first-order valence-electron chi connectivity index (χ1n) is 12.9. The van der Waals surface area contributed by atoms with Crippen molar-refractivity contribution in [3.05, 3.63) is 70.5 Å². The van der Waals surface area contributed by atoms with E-state index < -0.39 is 64.4 Å². The zero-order chi connectivity index (χ0) is 27.9. The number of benzene rings is 2. The van der Waals surface area contributed by atoms with Gasteiger partial charge in [-0.05, 0) is 69.1 Å². The maximum atomic E-state index is 15.2. The van der Waals surface area contributed by atoms with Crippen LogP contribution in [-0.2, 0) is 27.2 Å². The van der Waals surface area contributed by atoms with Crippen molar-refractivity contribution in [3.63, 3.8) is 0 Å². The van der Waals surface area contributed by atoms with Gasteiger partial charge >= 0.3 is 0 Å². The fraction of sp³-hybridized carbons (Fsp3) is 0.483. The summed E-state index contributed by atoms with van der Waals surface area (Å²) in [5.41, 5.74) is 0.856. The van der Waals surface area contributed by atoms with Crippen LogP contribution in [0.15, 0.2) is 36.4 Å². The van der Waals surface area contributed by atoms with Crippen LogP contribution in [0.1, 0.15) is 63.8 Å². The predicted octanol–water partition coefficient (Wildman–Crippen LogP) is 4.22. The Bertz CT molecular complexity index is 1230. The van der Waals surface area contributed by atoms with Gasteiger partial charge in [-0.3, -0.25) is 14.4 Å². The van der Waals surface area contributed by atoms with E-state index in [1.807, 2.05) is 38.1 Å². The van der Waals surface area contributed by atoms with Crippen LogP contribution in [0, 0.1) is 29.3 Å². The van der Waals surface area contributed by atoms with Gasteiger partial charge in [0.15, 0.2) is 17.5 Å². The molecule has 1 aliphatic carbocycles. The molecule has 9 heteroatoms. The first-order chi connectivity index (χ1) is 17.8. The second kappa shape index (κ2) is 10.4. The minimum Gasteiger partial charge on any atom is -0.349 e. The number of nitrogens with one attached hydrogen (secondary N) is 2. The van der Waals surface area contributed by atoms with Crippen LogP contribution in [0.3, 0.4) is 0 Å². The van der Waals surface area contributed by atoms with E-state index in [0.717, 1.165) is 28.2 Å². The zero-order valence-electron chi connectivity index (χ0n) is 22.3. The number of nitrogens with zero attached hydrogens (tertiary/aromatic N) is 1. The van der Waals surface area contributed by atoms with Gasteiger partial charge in [-0.1, -0.05) is 44.2 Å². The molecule has 2 aromatic rings. The van der Waals surface area contributed by atoms with Gasteiger partial charge in [0.2, 0.25) is 17.7 Å². The lowest BCUT2D eigenvalue weighted by atomic mass is 9.87. The van der Waals surface area contributed by atoms with Crippen molar-refractivity contribution in [2.75, 3.05) is 0 Å². The molecule has 0 aromatic heterocycles. The highest BCUT2D eigenvalue weighted by atomic mass is 19.2. The van der Waals surface area contributed by atoms with E-state index in [1.165, 1.54) is 0 Å². The molecule has 4 rings (SSSR count). The second-order valence-electron chi connectivity index (χ2n) is 11.7. The Morgan fingerprint density at radius 3 is 2.18 bits per heavy atom. The first-order valence-corrected chi connectivity index (χ1v) is 12.9. The van der Waals surface area contributed by atoms with E-state index in [0.29, 0.717) is 12.8 Å². The van der Waals surface area contributed by atoms with Crippen molar-refractivity contribution in [1.29, 1.82) is 0 Å². The number of carbonyl (C=O) groups excluding carboxylic acids is 3. The number of fused-ring (bicyclic) bond motifs is 1. The minimum absolute atomic E-state index is 0.0607. The number of carbonyl (C=O) groups is 3. The fourth-order valence-electron chi connectivity index (χ4n) is 5.48. The van der Waals surface area contributed by atoms with Gasteiger partial charge in [0, 0.05) is 11.1 Å². The molecule has 3 atom stereocenters. The van der Waals surface area contributed by atoms with Gasteiger partial charge in [0.1, 0.15) is 18.1 Å². The molecule has 1 fully saturated rings. The summed E-state index contributed by atoms with van der Waals surface area (Å²) in [6.07, 6.45) is 1.29. The molecule has 0 saturated carbocycles. The molecule has 1 aliphatic heterocycles. The Labute approximate surface area is 221 Å². The standard InChI is InChI=1S/C29H34F3N3O3/c1-15(2)12-21-26(36)33-24(18-13-16-8-6-7-9-17(16)14-18)28(38)35(21)25(27(37)34-29(3,4)5)19-10-11-20(30)23(32)22(19)31/h6-11,15,18,21,24-25H,12-14H2,1-5H3,(H,33,36)(H,34,37)/t21?,24-,25?/m1/s1. The third-order valence-electron chi connectivity index (χ3n) is 7.09. The molecule has 1 saturated heterocycles. The van der Waals surface area contributed by atoms with Crippen molar-refractivity contribution >= 4 is 17.7 Å². The summed E-state index contributed by atoms with van der Waals surface area (Å²) in [5.74, 6) is -6.85. The number of rotatable bonds is 6. The number of halogens is 3. The molecular weight excluding hydrogens is 495 g/mol. The highest BCUT2D eigenvalue weighted by Gasteiger charge is 2.50. The van der Waals surface area contributed by atoms with Gasteiger partial charge in [-0.15, -0.1) is 0 Å². The SMILES string of the molecule is CC(C)CC1C(=O)N[C@H](C2Cc3ccccc3C2)C(=O)N1C(C(=O)NC(C)(C)C)c1ccc(F)c(F)c1F. The smallest absolute Gasteiger partial charge is 0.247 e. The predicted molar refractivity (Wildman–Crippen MR) is 136 cm³/mol. The van der Waals surface area contributed by atoms with Crippen molar-refractivity contribution in [1.82, 2.24) is 15.5 Å². The molecule has 38 heavy (non-hydrogen) atoms. The minimum atomic E-state index is -1.74. The number of hydrogen-bond donors (Lipinski definition) is 2. The molecule has 2 N–H and O–H groups in total. The van der Waals surface area contributed by atoms with E-state index in [4.69, 9.17) is 0 Å². The number of hydrogen-bond acceptors (Lipinski definition) is 3. The highest BCUT2D eigenvalue weighted by Crippen LogP contribution is 2.36. The Morgan fingerprint density at radius 2 is 1.63 bits per heavy atom. The average molecular weight is 530 g/mol. The lowest BCUT2D eigenvalue weighted by Crippen LogP contribution is -2.67. The molecule has 2 aromatic carbocycles. The number of piperazine rings is 1. The van der Waals surface area contributed by atoms with Crippen LogP contribution < -0.4 is 10.6 Å². The van der Waals surface area contributed by atoms with Crippen molar-refractivity contribution < 1.29 is 27.6 Å². The summed E-state index contributed by atoms with van der Waals surface area (Å²) >= 11 is 0. The molecule has 2 unspecified atom stereocenters. The Kier molecular flexibility index (Phi) is 7.59. The molecule has 0 radical (unpaired) electrons. The molecule has 204 valence electrons. The van der Waals surface area contributed by atoms with Crippen molar-refractivity contribution in [3.8, 4) is 0 Å². The summed E-state index contributed by atoms with van der Waals surface area (Å²) in [5, 5.41) is 5.60. The Morgan fingerprint density at radius 1 is 1.03 bits per heavy atom. The second-order valence-corrected chi connectivity index (χ2v) is 11.7. The normalized spacial score (nSPS) is 20.9. The lowest BCUT2D eigenvalue weighted by Gasteiger charge is -2.45. The molecule has 0 spiro atoms. The van der Waals surface area contributed by atoms with Crippen LogP contribution >= 0.6 is 0 Å². The van der Waals surface area contributed by atoms with E-state index in [1.54, 1.807) is 20.8 Å². The Balaban J connectivity index is 1.82. The summed E-state index contributed by atoms with van der Waals surface area (Å²) in [6, 6.07) is 5.70. The average Bonchev–Trinajstić information content (AvgIpc) is 3.25. The van der Waals surface area contributed by atoms with Gasteiger partial charge in [0.25, 0.3) is 0 Å². The van der Waals surface area contributed by atoms with E-state index in [9.17, 15) is 23.2 Å². The molecule has 1 heterocycles. The summed E-state index contributed by atoms with van der Waals surface area (Å²) in [6.45, 7) is 8.84. The maximum Gasteiger partial charge on any atom is 0.247 e. The molecule has 0 bridgehead atoms. The first kappa shape index (κ1) is 27.7. The zero-order valence-corrected chi connectivity index (χ0v) is 22.3. The largest absolute Gasteiger partial charge is 0.349 e. The van der Waals surface area contributed by atoms with Gasteiger partial charge < -0.3 is 15.5 Å². The van der Waals surface area contributed by atoms with Gasteiger partial charge in [-0.2, -0.15) is 0 Å². The topological polar surface area (TPSA) is 78.5 Å². The van der Waals surface area contributed by atoms with Crippen molar-refractivity contribution in [2.24, 2.45) is 11.8 Å². The van der Waals surface area contributed by atoms with Crippen LogP contribution in [0.2, 0.25) is 0 Å². The highest BCUT2D eigenvalue weighted by molar-refractivity contribution is 6.00. The van der Waals surface area contributed by atoms with Crippen LogP contribution in [0.25, 0.3) is 0 Å². The molecule has 6 nitrogen and oxygen atoms in total. The van der Waals surface area contributed by atoms with Gasteiger partial charge in [-0.25, -0.2) is 13.2 Å². The van der Waals surface area contributed by atoms with E-state index in [-0.39, 0.29) is 18.3 Å². The van der Waals surface area contributed by atoms with E-state index >= 15 is 4.39 Å². The fourth-order valence-corrected chi connectivity index (χ4v) is 5.48. The lowest BCUT2D eigenvalue weighted by molar-refractivity contribution is -0.158. The summed E-state index contributed by atoms with van der Waals surface area (Å²) in [4.78, 5) is 42.5. The molecule has 2 aliphatic rings. The van der Waals surface area contributed by atoms with E-state index in [2.05, 4.69) is 10.6 Å². The van der Waals surface area contributed by atoms with Crippen LogP contribution in [0.5, 0.6) is 0 Å². The van der Waals surface area contributed by atoms with Crippen LogP contribution in [0.4, 0.5) is 13.2 Å². The number of amides is 3. The Hall–Kier alpha value is -3.36. The summed E-state index contributed by atoms with van der Waals surface area (Å²) in [7, 11) is 0. The monoisotopic (exact) mass is 529 g/mol. The molecule has 3 amide bonds. The summed E-state index contributed by atoms with van der Waals surface area (Å²) < 4.78 is 43.5. The third kappa shape index (κ3) is 5.42. The quantitative estimate of drug-likeness (QED) is 0.551. The van der Waals surface area contributed by atoms with Crippen LogP contribution in [-0.4, -0.2) is 40.2 Å². The third-order valence-corrected chi connectivity index (χ3v) is 7.09.